The zero-order valence-corrected chi connectivity index (χ0v) is 15.3. The van der Waals surface area contributed by atoms with E-state index in [0.29, 0.717) is 11.1 Å². The van der Waals surface area contributed by atoms with E-state index in [4.69, 9.17) is 0 Å². The number of rotatable bonds is 6. The van der Waals surface area contributed by atoms with Crippen LogP contribution < -0.4 is 16.6 Å². The summed E-state index contributed by atoms with van der Waals surface area (Å²) in [4.78, 5) is 36.9. The fourth-order valence-corrected chi connectivity index (χ4v) is 2.88. The van der Waals surface area contributed by atoms with E-state index in [2.05, 4.69) is 20.8 Å². The molecule has 0 aliphatic heterocycles. The number of carbonyl (C=O) groups is 1. The van der Waals surface area contributed by atoms with Crippen molar-refractivity contribution in [1.82, 2.24) is 34.9 Å². The molecular weight excluding hydrogens is 374 g/mol. The quantitative estimate of drug-likeness (QED) is 0.493. The molecule has 10 nitrogen and oxygen atoms in total. The first-order valence-corrected chi connectivity index (χ1v) is 8.93. The maximum absolute atomic E-state index is 12.4. The number of hydrogen-bond donors (Lipinski definition) is 1. The second kappa shape index (κ2) is 7.89. The van der Waals surface area contributed by atoms with Gasteiger partial charge in [0.05, 0.1) is 23.8 Å². The van der Waals surface area contributed by atoms with Crippen molar-refractivity contribution in [2.45, 2.75) is 13.1 Å². The number of nitrogens with zero attached hydrogens (tertiary/aromatic N) is 6. The molecule has 4 rings (SSSR count). The first kappa shape index (κ1) is 18.3. The Kier molecular flexibility index (Phi) is 4.97. The summed E-state index contributed by atoms with van der Waals surface area (Å²) in [6.45, 7) is 0.0985. The highest BCUT2D eigenvalue weighted by Gasteiger charge is 2.10. The average molecular weight is 391 g/mol. The highest BCUT2D eigenvalue weighted by atomic mass is 16.2. The van der Waals surface area contributed by atoms with Crippen LogP contribution in [0.5, 0.6) is 0 Å². The lowest BCUT2D eigenvalue weighted by Gasteiger charge is -2.07. The molecule has 0 fully saturated rings. The molecule has 0 saturated carbocycles. The topological polar surface area (TPSA) is 117 Å². The van der Waals surface area contributed by atoms with Crippen LogP contribution in [-0.2, 0) is 17.9 Å². The van der Waals surface area contributed by atoms with Crippen LogP contribution in [0.1, 0.15) is 0 Å². The van der Waals surface area contributed by atoms with Crippen molar-refractivity contribution >= 4 is 16.7 Å². The molecular formula is C19H17N7O3. The number of amides is 1. The zero-order valence-electron chi connectivity index (χ0n) is 15.3. The van der Waals surface area contributed by atoms with Gasteiger partial charge in [0.15, 0.2) is 0 Å². The summed E-state index contributed by atoms with van der Waals surface area (Å²) in [7, 11) is 0. The summed E-state index contributed by atoms with van der Waals surface area (Å²) in [5.74, 6) is -0.390. The van der Waals surface area contributed by atoms with Crippen molar-refractivity contribution in [3.05, 3.63) is 81.6 Å². The second-order valence-corrected chi connectivity index (χ2v) is 6.28. The van der Waals surface area contributed by atoms with Crippen molar-refractivity contribution in [1.29, 1.82) is 0 Å². The van der Waals surface area contributed by atoms with Gasteiger partial charge in [0.1, 0.15) is 6.54 Å². The van der Waals surface area contributed by atoms with Crippen molar-refractivity contribution in [3.63, 3.8) is 0 Å². The van der Waals surface area contributed by atoms with Crippen LogP contribution in [0.2, 0.25) is 0 Å². The van der Waals surface area contributed by atoms with Crippen LogP contribution in [-0.4, -0.2) is 42.0 Å². The lowest BCUT2D eigenvalue weighted by Crippen LogP contribution is -2.36. The molecule has 2 aromatic heterocycles. The van der Waals surface area contributed by atoms with Crippen LogP contribution in [0.4, 0.5) is 0 Å². The number of hydrogen-bond acceptors (Lipinski definition) is 6. The van der Waals surface area contributed by atoms with Crippen LogP contribution in [0.25, 0.3) is 16.5 Å². The number of benzene rings is 2. The van der Waals surface area contributed by atoms with Gasteiger partial charge in [-0.15, -0.1) is 0 Å². The highest BCUT2D eigenvalue weighted by molar-refractivity contribution is 5.81. The molecule has 4 aromatic rings. The van der Waals surface area contributed by atoms with Gasteiger partial charge < -0.3 is 5.32 Å². The van der Waals surface area contributed by atoms with Gasteiger partial charge in [-0.05, 0) is 28.6 Å². The van der Waals surface area contributed by atoms with Gasteiger partial charge in [-0.25, -0.2) is 9.48 Å². The standard InChI is InChI=1S/C19H17N7O3/c27-17(13-25-18(28)16-9-5-4-6-14(16)12-21-25)20-10-11-24-19(29)26(23-22-24)15-7-2-1-3-8-15/h1-9,12H,10-11,13H2,(H,20,27). The fourth-order valence-electron chi connectivity index (χ4n) is 2.88. The number of tetrazole rings is 1. The van der Waals surface area contributed by atoms with Crippen molar-refractivity contribution in [2.75, 3.05) is 6.54 Å². The maximum Gasteiger partial charge on any atom is 0.368 e. The van der Waals surface area contributed by atoms with Crippen molar-refractivity contribution < 1.29 is 4.79 Å². The molecule has 10 heteroatoms. The molecule has 0 saturated heterocycles. The van der Waals surface area contributed by atoms with E-state index in [1.807, 2.05) is 12.1 Å². The van der Waals surface area contributed by atoms with Crippen LogP contribution in [0.3, 0.4) is 0 Å². The predicted molar refractivity (Wildman–Crippen MR) is 105 cm³/mol. The maximum atomic E-state index is 12.4. The minimum atomic E-state index is -0.405. The molecule has 0 bridgehead atoms. The lowest BCUT2D eigenvalue weighted by molar-refractivity contribution is -0.121. The van der Waals surface area contributed by atoms with E-state index in [1.54, 1.807) is 48.7 Å². The minimum Gasteiger partial charge on any atom is -0.353 e. The molecule has 0 aliphatic rings. The van der Waals surface area contributed by atoms with Gasteiger partial charge in [-0.1, -0.05) is 36.4 Å². The summed E-state index contributed by atoms with van der Waals surface area (Å²) < 4.78 is 3.45. The second-order valence-electron chi connectivity index (χ2n) is 6.28. The molecule has 0 spiro atoms. The van der Waals surface area contributed by atoms with E-state index in [-0.39, 0.29) is 25.2 Å². The monoisotopic (exact) mass is 391 g/mol. The average Bonchev–Trinajstić information content (AvgIpc) is 3.11. The number of fused-ring (bicyclic) bond motifs is 1. The number of carbonyl (C=O) groups excluding carboxylic acids is 1. The lowest BCUT2D eigenvalue weighted by atomic mass is 10.2. The molecule has 0 radical (unpaired) electrons. The molecule has 0 aliphatic carbocycles. The van der Waals surface area contributed by atoms with E-state index in [0.717, 1.165) is 14.7 Å². The SMILES string of the molecule is O=C(Cn1ncc2ccccc2c1=O)NCCn1nnn(-c2ccccc2)c1=O. The number of aromatic nitrogens is 6. The Morgan fingerprint density at radius 1 is 0.931 bits per heavy atom. The normalized spacial score (nSPS) is 10.9. The summed E-state index contributed by atoms with van der Waals surface area (Å²) in [5, 5.41) is 15.6. The van der Waals surface area contributed by atoms with Gasteiger partial charge in [-0.2, -0.15) is 14.5 Å². The molecule has 0 unspecified atom stereocenters. The van der Waals surface area contributed by atoms with E-state index < -0.39 is 11.6 Å². The van der Waals surface area contributed by atoms with Gasteiger partial charge in [-0.3, -0.25) is 9.59 Å². The van der Waals surface area contributed by atoms with Gasteiger partial charge >= 0.3 is 5.69 Å². The molecule has 2 aromatic carbocycles. The van der Waals surface area contributed by atoms with Crippen molar-refractivity contribution in [2.24, 2.45) is 0 Å². The Morgan fingerprint density at radius 2 is 1.69 bits per heavy atom. The Hall–Kier alpha value is -4.08. The summed E-state index contributed by atoms with van der Waals surface area (Å²) in [6, 6.07) is 16.0. The molecule has 1 amide bonds. The van der Waals surface area contributed by atoms with Crippen LogP contribution in [0, 0.1) is 0 Å². The summed E-state index contributed by atoms with van der Waals surface area (Å²) in [6.07, 6.45) is 1.55. The molecule has 146 valence electrons. The summed E-state index contributed by atoms with van der Waals surface area (Å²) >= 11 is 0. The first-order chi connectivity index (χ1) is 14.1. The molecule has 2 heterocycles. The third-order valence-corrected chi connectivity index (χ3v) is 4.34. The van der Waals surface area contributed by atoms with E-state index >= 15 is 0 Å². The molecule has 0 atom stereocenters. The third-order valence-electron chi connectivity index (χ3n) is 4.34. The molecule has 1 N–H and O–H groups in total. The molecule has 29 heavy (non-hydrogen) atoms. The van der Waals surface area contributed by atoms with Gasteiger partial charge in [0, 0.05) is 11.9 Å². The Labute approximate surface area is 164 Å². The predicted octanol–water partition coefficient (Wildman–Crippen LogP) is -0.0447. The fraction of sp³-hybridized carbons (Fsp3) is 0.158. The van der Waals surface area contributed by atoms with Crippen molar-refractivity contribution in [3.8, 4) is 5.69 Å². The Balaban J connectivity index is 1.38. The van der Waals surface area contributed by atoms with E-state index in [9.17, 15) is 14.4 Å². The Morgan fingerprint density at radius 3 is 2.52 bits per heavy atom. The third kappa shape index (κ3) is 3.81. The minimum absolute atomic E-state index is 0.150. The summed E-state index contributed by atoms with van der Waals surface area (Å²) in [5.41, 5.74) is -0.132. The largest absolute Gasteiger partial charge is 0.368 e. The number of nitrogens with one attached hydrogen (secondary N) is 1. The zero-order chi connectivity index (χ0) is 20.2. The van der Waals surface area contributed by atoms with E-state index in [1.165, 1.54) is 4.68 Å². The number of para-hydroxylation sites is 1. The van der Waals surface area contributed by atoms with Gasteiger partial charge in [0.25, 0.3) is 5.56 Å². The van der Waals surface area contributed by atoms with Crippen LogP contribution in [0.15, 0.2) is 70.4 Å². The first-order valence-electron chi connectivity index (χ1n) is 8.93. The van der Waals surface area contributed by atoms with Crippen LogP contribution >= 0.6 is 0 Å². The van der Waals surface area contributed by atoms with Gasteiger partial charge in [0.2, 0.25) is 5.91 Å². The smallest absolute Gasteiger partial charge is 0.353 e. The Bertz CT molecular complexity index is 1270. The highest BCUT2D eigenvalue weighted by Crippen LogP contribution is 2.06.